The summed E-state index contributed by atoms with van der Waals surface area (Å²) in [6, 6.07) is 12.9. The summed E-state index contributed by atoms with van der Waals surface area (Å²) in [5, 5.41) is 29.5. The number of aliphatic hydroxyl groups is 2. The standard InChI is InChI=1S/C31H42O5/c1-5-31(6-2,25-10-9-24(22(3)19-25)15-18-30(35)16-7-8-17-30)26-11-13-28(23(4)20-26)36-21-27(32)12-14-29(33)34/h9-11,13,15,18-20,27,32,35H,5-8,12,14,16-17,21H2,1-4H3,(H,33,34)/t27-/m0/s1. The van der Waals surface area contributed by atoms with E-state index in [4.69, 9.17) is 9.84 Å². The third kappa shape index (κ3) is 6.57. The first kappa shape index (κ1) is 27.9. The zero-order valence-corrected chi connectivity index (χ0v) is 22.2. The molecule has 0 amide bonds. The highest BCUT2D eigenvalue weighted by Crippen LogP contribution is 2.41. The van der Waals surface area contributed by atoms with Crippen molar-refractivity contribution in [3.05, 3.63) is 70.3 Å². The largest absolute Gasteiger partial charge is 0.491 e. The summed E-state index contributed by atoms with van der Waals surface area (Å²) in [4.78, 5) is 10.7. The topological polar surface area (TPSA) is 87.0 Å². The fourth-order valence-electron chi connectivity index (χ4n) is 5.46. The number of hydrogen-bond acceptors (Lipinski definition) is 4. The van der Waals surface area contributed by atoms with Gasteiger partial charge in [0.1, 0.15) is 12.4 Å². The molecule has 0 radical (unpaired) electrons. The number of ether oxygens (including phenoxy) is 1. The normalized spacial score (nSPS) is 16.4. The molecule has 0 bridgehead atoms. The van der Waals surface area contributed by atoms with Crippen molar-refractivity contribution in [3.63, 3.8) is 0 Å². The molecule has 196 valence electrons. The van der Waals surface area contributed by atoms with Crippen LogP contribution in [0.25, 0.3) is 6.08 Å². The van der Waals surface area contributed by atoms with Crippen LogP contribution in [0.3, 0.4) is 0 Å². The Bertz CT molecular complexity index is 1060. The van der Waals surface area contributed by atoms with Crippen LogP contribution in [0, 0.1) is 13.8 Å². The van der Waals surface area contributed by atoms with Crippen LogP contribution < -0.4 is 4.74 Å². The van der Waals surface area contributed by atoms with E-state index >= 15 is 0 Å². The molecule has 1 aliphatic carbocycles. The van der Waals surface area contributed by atoms with Gasteiger partial charge in [-0.1, -0.05) is 69.2 Å². The minimum absolute atomic E-state index is 0.0729. The summed E-state index contributed by atoms with van der Waals surface area (Å²) < 4.78 is 5.81. The van der Waals surface area contributed by atoms with Crippen molar-refractivity contribution < 1.29 is 24.9 Å². The number of hydrogen-bond donors (Lipinski definition) is 3. The van der Waals surface area contributed by atoms with Crippen LogP contribution >= 0.6 is 0 Å². The minimum Gasteiger partial charge on any atom is -0.491 e. The average molecular weight is 495 g/mol. The minimum atomic E-state index is -0.921. The van der Waals surface area contributed by atoms with E-state index in [2.05, 4.69) is 57.2 Å². The van der Waals surface area contributed by atoms with E-state index in [1.54, 1.807) is 0 Å². The predicted molar refractivity (Wildman–Crippen MR) is 145 cm³/mol. The smallest absolute Gasteiger partial charge is 0.303 e. The van der Waals surface area contributed by atoms with E-state index in [0.717, 1.165) is 49.7 Å². The van der Waals surface area contributed by atoms with Gasteiger partial charge in [-0.2, -0.15) is 0 Å². The van der Waals surface area contributed by atoms with Crippen LogP contribution in [0.15, 0.2) is 42.5 Å². The maximum Gasteiger partial charge on any atom is 0.303 e. The molecule has 0 aromatic heterocycles. The lowest BCUT2D eigenvalue weighted by atomic mass is 9.70. The third-order valence-electron chi connectivity index (χ3n) is 7.92. The first-order valence-electron chi connectivity index (χ1n) is 13.3. The quantitative estimate of drug-likeness (QED) is 0.321. The Balaban J connectivity index is 1.81. The molecule has 1 aliphatic rings. The van der Waals surface area contributed by atoms with E-state index in [1.807, 2.05) is 19.1 Å². The van der Waals surface area contributed by atoms with Gasteiger partial charge in [0, 0.05) is 11.8 Å². The van der Waals surface area contributed by atoms with Gasteiger partial charge in [-0.3, -0.25) is 4.79 Å². The van der Waals surface area contributed by atoms with Crippen LogP contribution in [0.4, 0.5) is 0 Å². The summed E-state index contributed by atoms with van der Waals surface area (Å²) in [5.74, 6) is -0.216. The van der Waals surface area contributed by atoms with Crippen LogP contribution in [-0.4, -0.2) is 39.6 Å². The Hall–Kier alpha value is -2.63. The number of aliphatic hydroxyl groups excluding tert-OH is 1. The van der Waals surface area contributed by atoms with Gasteiger partial charge in [-0.05, 0) is 79.8 Å². The lowest BCUT2D eigenvalue weighted by Crippen LogP contribution is -2.26. The van der Waals surface area contributed by atoms with E-state index in [-0.39, 0.29) is 24.9 Å². The van der Waals surface area contributed by atoms with Gasteiger partial charge < -0.3 is 20.1 Å². The fraction of sp³-hybridized carbons (Fsp3) is 0.516. The van der Waals surface area contributed by atoms with Gasteiger partial charge in [0.05, 0.1) is 11.7 Å². The number of carboxylic acids is 1. The first-order valence-corrected chi connectivity index (χ1v) is 13.3. The molecule has 0 unspecified atom stereocenters. The molecule has 3 rings (SSSR count). The Kier molecular flexibility index (Phi) is 9.37. The number of rotatable bonds is 12. The van der Waals surface area contributed by atoms with Crippen molar-refractivity contribution in [2.75, 3.05) is 6.61 Å². The Morgan fingerprint density at radius 1 is 1.06 bits per heavy atom. The lowest BCUT2D eigenvalue weighted by molar-refractivity contribution is -0.137. The zero-order valence-electron chi connectivity index (χ0n) is 22.2. The van der Waals surface area contributed by atoms with Crippen molar-refractivity contribution in [3.8, 4) is 5.75 Å². The second-order valence-electron chi connectivity index (χ2n) is 10.4. The molecule has 2 aromatic carbocycles. The highest BCUT2D eigenvalue weighted by atomic mass is 16.5. The zero-order chi connectivity index (χ0) is 26.3. The monoisotopic (exact) mass is 494 g/mol. The van der Waals surface area contributed by atoms with Crippen molar-refractivity contribution >= 4 is 12.0 Å². The fourth-order valence-corrected chi connectivity index (χ4v) is 5.46. The van der Waals surface area contributed by atoms with Gasteiger partial charge in [0.15, 0.2) is 0 Å². The number of benzene rings is 2. The number of aryl methyl sites for hydroxylation is 2. The third-order valence-corrected chi connectivity index (χ3v) is 7.92. The van der Waals surface area contributed by atoms with E-state index in [1.165, 1.54) is 16.7 Å². The number of aliphatic carboxylic acids is 1. The second-order valence-corrected chi connectivity index (χ2v) is 10.4. The first-order chi connectivity index (χ1) is 17.1. The molecule has 5 nitrogen and oxygen atoms in total. The Labute approximate surface area is 215 Å². The van der Waals surface area contributed by atoms with Crippen LogP contribution in [-0.2, 0) is 10.2 Å². The lowest BCUT2D eigenvalue weighted by Gasteiger charge is -2.34. The molecule has 1 atom stereocenters. The summed E-state index contributed by atoms with van der Waals surface area (Å²) in [5.41, 5.74) is 5.04. The molecule has 3 N–H and O–H groups in total. The SMILES string of the molecule is CCC(CC)(c1ccc(C=CC2(O)CCCC2)c(C)c1)c1ccc(OC[C@@H](O)CCC(=O)O)c(C)c1. The van der Waals surface area contributed by atoms with Crippen molar-refractivity contribution in [1.29, 1.82) is 0 Å². The molecule has 1 saturated carbocycles. The highest BCUT2D eigenvalue weighted by Gasteiger charge is 2.32. The Morgan fingerprint density at radius 2 is 1.67 bits per heavy atom. The molecule has 1 fully saturated rings. The van der Waals surface area contributed by atoms with E-state index in [0.29, 0.717) is 5.75 Å². The van der Waals surface area contributed by atoms with E-state index in [9.17, 15) is 15.0 Å². The molecular formula is C31H42O5. The van der Waals surface area contributed by atoms with Gasteiger partial charge in [-0.15, -0.1) is 0 Å². The average Bonchev–Trinajstić information content (AvgIpc) is 3.29. The summed E-state index contributed by atoms with van der Waals surface area (Å²) >= 11 is 0. The molecule has 2 aromatic rings. The molecule has 0 heterocycles. The van der Waals surface area contributed by atoms with Crippen LogP contribution in [0.5, 0.6) is 5.75 Å². The summed E-state index contributed by atoms with van der Waals surface area (Å²) in [7, 11) is 0. The molecule has 0 saturated heterocycles. The van der Waals surface area contributed by atoms with Gasteiger partial charge >= 0.3 is 5.97 Å². The summed E-state index contributed by atoms with van der Waals surface area (Å²) in [6.45, 7) is 8.66. The highest BCUT2D eigenvalue weighted by molar-refractivity contribution is 5.66. The maximum atomic E-state index is 10.7. The summed E-state index contributed by atoms with van der Waals surface area (Å²) in [6.07, 6.45) is 9.10. The van der Waals surface area contributed by atoms with Crippen molar-refractivity contribution in [2.45, 2.75) is 96.2 Å². The van der Waals surface area contributed by atoms with Crippen LogP contribution in [0.1, 0.15) is 93.0 Å². The number of carbonyl (C=O) groups is 1. The molecule has 36 heavy (non-hydrogen) atoms. The second kappa shape index (κ2) is 12.1. The van der Waals surface area contributed by atoms with Crippen molar-refractivity contribution in [2.24, 2.45) is 0 Å². The molecular weight excluding hydrogens is 452 g/mol. The molecule has 5 heteroatoms. The van der Waals surface area contributed by atoms with Crippen molar-refractivity contribution in [1.82, 2.24) is 0 Å². The number of carboxylic acid groups (broad SMARTS) is 1. The molecule has 0 aliphatic heterocycles. The van der Waals surface area contributed by atoms with E-state index < -0.39 is 17.7 Å². The van der Waals surface area contributed by atoms with Crippen LogP contribution in [0.2, 0.25) is 0 Å². The Morgan fingerprint density at radius 3 is 2.22 bits per heavy atom. The van der Waals surface area contributed by atoms with Gasteiger partial charge in [-0.25, -0.2) is 0 Å². The predicted octanol–water partition coefficient (Wildman–Crippen LogP) is 6.33. The molecule has 0 spiro atoms. The van der Waals surface area contributed by atoms with Gasteiger partial charge in [0.2, 0.25) is 0 Å². The van der Waals surface area contributed by atoms with Gasteiger partial charge in [0.25, 0.3) is 0 Å². The maximum absolute atomic E-state index is 10.7.